The predicted octanol–water partition coefficient (Wildman–Crippen LogP) is 5.58. The Morgan fingerprint density at radius 1 is 1.09 bits per heavy atom. The van der Waals surface area contributed by atoms with Gasteiger partial charge in [-0.1, -0.05) is 43.2 Å². The van der Waals surface area contributed by atoms with E-state index >= 15 is 0 Å². The molecule has 2 unspecified atom stereocenters. The zero-order valence-corrected chi connectivity index (χ0v) is 27.6. The number of benzene rings is 1. The summed E-state index contributed by atoms with van der Waals surface area (Å²) in [6.45, 7) is 5.52. The van der Waals surface area contributed by atoms with Crippen LogP contribution in [-0.4, -0.2) is 67.8 Å². The summed E-state index contributed by atoms with van der Waals surface area (Å²) in [5.41, 5.74) is 0.672. The van der Waals surface area contributed by atoms with Crippen LogP contribution in [0.3, 0.4) is 0 Å². The van der Waals surface area contributed by atoms with Crippen molar-refractivity contribution in [2.75, 3.05) is 13.7 Å². The normalized spacial score (nSPS) is 33.3. The van der Waals surface area contributed by atoms with Crippen molar-refractivity contribution in [3.05, 3.63) is 59.7 Å². The number of ether oxygens (including phenoxy) is 2. The molecule has 4 N–H and O–H groups in total. The van der Waals surface area contributed by atoms with E-state index in [1.165, 1.54) is 0 Å². The Morgan fingerprint density at radius 3 is 2.53 bits per heavy atom. The molecule has 0 spiro atoms. The van der Waals surface area contributed by atoms with E-state index in [9.17, 15) is 30.0 Å². The first-order valence-electron chi connectivity index (χ1n) is 16.9. The Hall–Kier alpha value is -3.63. The molecule has 2 aromatic rings. The smallest absolute Gasteiger partial charge is 0.304 e. The number of allylic oxidation sites excluding steroid dienone is 2. The third kappa shape index (κ3) is 5.77. The second-order valence-electron chi connectivity index (χ2n) is 14.7. The third-order valence-corrected chi connectivity index (χ3v) is 12.5. The molecule has 0 bridgehead atoms. The van der Waals surface area contributed by atoms with Crippen molar-refractivity contribution in [1.82, 2.24) is 9.55 Å². The number of carboxylic acid groups (broad SMARTS) is 2. The Bertz CT molecular complexity index is 1530. The lowest BCUT2D eigenvalue weighted by Crippen LogP contribution is -2.57. The van der Waals surface area contributed by atoms with E-state index in [4.69, 9.17) is 9.47 Å². The number of carbonyl (C=O) groups is 2. The number of hydrogen-bond acceptors (Lipinski definition) is 7. The predicted molar refractivity (Wildman–Crippen MR) is 175 cm³/mol. The van der Waals surface area contributed by atoms with E-state index in [0.29, 0.717) is 43.8 Å². The van der Waals surface area contributed by atoms with Crippen LogP contribution < -0.4 is 9.47 Å². The van der Waals surface area contributed by atoms with Gasteiger partial charge in [0.25, 0.3) is 0 Å². The second kappa shape index (κ2) is 12.8. The molecule has 47 heavy (non-hydrogen) atoms. The van der Waals surface area contributed by atoms with Crippen molar-refractivity contribution in [3.63, 3.8) is 0 Å². The summed E-state index contributed by atoms with van der Waals surface area (Å²) in [6.07, 6.45) is 12.4. The van der Waals surface area contributed by atoms with Crippen LogP contribution in [0, 0.1) is 34.0 Å². The number of aliphatic carboxylic acids is 2. The maximum atomic E-state index is 12.6. The van der Waals surface area contributed by atoms with Gasteiger partial charge >= 0.3 is 11.9 Å². The van der Waals surface area contributed by atoms with Crippen LogP contribution in [0.25, 0.3) is 6.08 Å². The van der Waals surface area contributed by atoms with Crippen molar-refractivity contribution in [1.29, 1.82) is 0 Å². The van der Waals surface area contributed by atoms with Crippen molar-refractivity contribution < 1.29 is 39.5 Å². The average Bonchev–Trinajstić information content (AvgIpc) is 3.61. The molecule has 254 valence electrons. The molecule has 0 saturated heterocycles. The van der Waals surface area contributed by atoms with E-state index < -0.39 is 40.4 Å². The molecule has 0 aliphatic heterocycles. The van der Waals surface area contributed by atoms with Crippen LogP contribution in [-0.2, 0) is 16.1 Å². The molecular formula is C37H48N2O8. The van der Waals surface area contributed by atoms with E-state index in [1.54, 1.807) is 19.6 Å². The van der Waals surface area contributed by atoms with Gasteiger partial charge in [0, 0.05) is 36.2 Å². The van der Waals surface area contributed by atoms with Crippen LogP contribution in [0.1, 0.15) is 77.2 Å². The van der Waals surface area contributed by atoms with Gasteiger partial charge < -0.3 is 34.5 Å². The van der Waals surface area contributed by atoms with Gasteiger partial charge in [-0.25, -0.2) is 4.98 Å². The average molecular weight is 649 g/mol. The van der Waals surface area contributed by atoms with Gasteiger partial charge in [0.15, 0.2) is 11.5 Å². The maximum Gasteiger partial charge on any atom is 0.304 e. The number of hydrogen-bond donors (Lipinski definition) is 4. The highest BCUT2D eigenvalue weighted by molar-refractivity contribution is 5.76. The number of imidazole rings is 1. The molecule has 1 aromatic heterocycles. The minimum absolute atomic E-state index is 0.0416. The molecular weight excluding hydrogens is 600 g/mol. The molecule has 7 atom stereocenters. The highest BCUT2D eigenvalue weighted by Gasteiger charge is 2.67. The summed E-state index contributed by atoms with van der Waals surface area (Å²) in [6, 6.07) is 5.64. The SMILES string of the molecule is COc1cc(C=C2C[C@H]3[C@@H]4CC=C5CC(O)CC(O)[C@]5(C)[C@@H]4CC[C@]3(C)C2(CC(=O)O)CC(=O)O)ccc1OCCCn1ccnc1. The maximum absolute atomic E-state index is 12.6. The highest BCUT2D eigenvalue weighted by Crippen LogP contribution is 2.73. The van der Waals surface area contributed by atoms with Crippen molar-refractivity contribution in [2.24, 2.45) is 34.0 Å². The fraction of sp³-hybridized carbons (Fsp3) is 0.595. The van der Waals surface area contributed by atoms with Crippen LogP contribution in [0.5, 0.6) is 11.5 Å². The number of aryl methyl sites for hydroxylation is 1. The van der Waals surface area contributed by atoms with E-state index in [0.717, 1.165) is 42.5 Å². The van der Waals surface area contributed by atoms with E-state index in [2.05, 4.69) is 24.9 Å². The van der Waals surface area contributed by atoms with Crippen LogP contribution in [0.2, 0.25) is 0 Å². The third-order valence-electron chi connectivity index (χ3n) is 12.5. The zero-order chi connectivity index (χ0) is 33.6. The lowest BCUT2D eigenvalue weighted by Gasteiger charge is -2.60. The fourth-order valence-corrected chi connectivity index (χ4v) is 10.1. The number of carboxylic acids is 2. The highest BCUT2D eigenvalue weighted by atomic mass is 16.5. The molecule has 10 nitrogen and oxygen atoms in total. The quantitative estimate of drug-likeness (QED) is 0.181. The molecule has 1 heterocycles. The summed E-state index contributed by atoms with van der Waals surface area (Å²) in [5.74, 6) is -0.489. The summed E-state index contributed by atoms with van der Waals surface area (Å²) in [4.78, 5) is 29.2. The number of aromatic nitrogens is 2. The van der Waals surface area contributed by atoms with Crippen LogP contribution in [0.15, 0.2) is 54.1 Å². The van der Waals surface area contributed by atoms with Gasteiger partial charge in [-0.2, -0.15) is 0 Å². The molecule has 0 amide bonds. The van der Waals surface area contributed by atoms with Crippen molar-refractivity contribution >= 4 is 18.0 Å². The lowest BCUT2D eigenvalue weighted by atomic mass is 9.44. The molecule has 1 aromatic carbocycles. The molecule has 6 rings (SSSR count). The van der Waals surface area contributed by atoms with Gasteiger partial charge in [0.1, 0.15) is 0 Å². The molecule has 10 heteroatoms. The van der Waals surface area contributed by atoms with Gasteiger partial charge in [0.05, 0.1) is 45.1 Å². The number of aliphatic hydroxyl groups excluding tert-OH is 2. The molecule has 3 fully saturated rings. The van der Waals surface area contributed by atoms with Crippen molar-refractivity contribution in [3.8, 4) is 11.5 Å². The van der Waals surface area contributed by atoms with Gasteiger partial charge in [-0.15, -0.1) is 0 Å². The van der Waals surface area contributed by atoms with Gasteiger partial charge in [-0.05, 0) is 79.4 Å². The van der Waals surface area contributed by atoms with Crippen molar-refractivity contribution in [2.45, 2.75) is 90.4 Å². The van der Waals surface area contributed by atoms with Gasteiger partial charge in [-0.3, -0.25) is 9.59 Å². The summed E-state index contributed by atoms with van der Waals surface area (Å²) < 4.78 is 13.7. The largest absolute Gasteiger partial charge is 0.493 e. The molecule has 4 aliphatic carbocycles. The Labute approximate surface area is 276 Å². The minimum atomic E-state index is -1.08. The standard InChI is InChI=1S/C37H48N2O8/c1-35-10-9-28-27(7-6-24-17-26(40)19-32(41)36(24,28)2)29(35)18-25(37(35,20-33(42)43)21-34(44)45)15-23-5-8-30(31(16-23)46-3)47-14-4-12-39-13-11-38-22-39/h5-6,8,11,13,15-16,22,26-29,32,40-41H,4,7,9-10,12,14,17-21H2,1-3H3,(H,42,43)(H,44,45)/t26?,27-,28-,29+,32?,35+,36+/m1/s1. The monoisotopic (exact) mass is 648 g/mol. The first-order valence-corrected chi connectivity index (χ1v) is 16.9. The molecule has 3 saturated carbocycles. The van der Waals surface area contributed by atoms with Crippen LogP contribution >= 0.6 is 0 Å². The summed E-state index contributed by atoms with van der Waals surface area (Å²) in [5, 5.41) is 42.4. The van der Waals surface area contributed by atoms with Gasteiger partial charge in [0.2, 0.25) is 0 Å². The minimum Gasteiger partial charge on any atom is -0.493 e. The van der Waals surface area contributed by atoms with Crippen LogP contribution in [0.4, 0.5) is 0 Å². The first-order chi connectivity index (χ1) is 22.4. The summed E-state index contributed by atoms with van der Waals surface area (Å²) >= 11 is 0. The first kappa shape index (κ1) is 33.3. The second-order valence-corrected chi connectivity index (χ2v) is 14.7. The lowest BCUT2D eigenvalue weighted by molar-refractivity contribution is -0.152. The Morgan fingerprint density at radius 2 is 1.85 bits per heavy atom. The number of methoxy groups -OCH3 is 1. The van der Waals surface area contributed by atoms with E-state index in [-0.39, 0.29) is 30.6 Å². The molecule has 0 radical (unpaired) electrons. The number of rotatable bonds is 11. The number of aliphatic hydroxyl groups is 2. The Kier molecular flexibility index (Phi) is 9.04. The fourth-order valence-electron chi connectivity index (χ4n) is 10.1. The summed E-state index contributed by atoms with van der Waals surface area (Å²) in [7, 11) is 1.58. The zero-order valence-electron chi connectivity index (χ0n) is 27.6. The number of fused-ring (bicyclic) bond motifs is 5. The number of nitrogens with zero attached hydrogens (tertiary/aromatic N) is 2. The molecule has 4 aliphatic rings. The van der Waals surface area contributed by atoms with E-state index in [1.807, 2.05) is 35.0 Å². The Balaban J connectivity index is 1.34. The topological polar surface area (TPSA) is 151 Å².